The van der Waals surface area contributed by atoms with Crippen molar-refractivity contribution in [3.8, 4) is 5.75 Å². The number of rotatable bonds is 9. The minimum atomic E-state index is 0.302. The van der Waals surface area contributed by atoms with Gasteiger partial charge in [0.1, 0.15) is 5.75 Å². The predicted molar refractivity (Wildman–Crippen MR) is 84.5 cm³/mol. The fraction of sp³-hybridized carbons (Fsp3) is 0.647. The average molecular weight is 279 g/mol. The molecule has 0 aliphatic carbocycles. The summed E-state index contributed by atoms with van der Waals surface area (Å²) in [6, 6.07) is 6.67. The van der Waals surface area contributed by atoms with E-state index >= 15 is 0 Å². The molecule has 0 fully saturated rings. The lowest BCUT2D eigenvalue weighted by Crippen LogP contribution is -2.21. The predicted octanol–water partition coefficient (Wildman–Crippen LogP) is 3.86. The fourth-order valence-electron chi connectivity index (χ4n) is 2.15. The van der Waals surface area contributed by atoms with Crippen LogP contribution in [0.2, 0.25) is 0 Å². The maximum Gasteiger partial charge on any atom is 0.123 e. The van der Waals surface area contributed by atoms with Crippen molar-refractivity contribution >= 4 is 0 Å². The number of benzene rings is 1. The lowest BCUT2D eigenvalue weighted by molar-refractivity contribution is 0.0759. The third kappa shape index (κ3) is 5.93. The summed E-state index contributed by atoms with van der Waals surface area (Å²) in [4.78, 5) is 0. The monoisotopic (exact) mass is 279 g/mol. The van der Waals surface area contributed by atoms with Crippen molar-refractivity contribution < 1.29 is 9.47 Å². The number of nitrogens with one attached hydrogen (secondary N) is 1. The number of hydrogen-bond acceptors (Lipinski definition) is 3. The van der Waals surface area contributed by atoms with Crippen molar-refractivity contribution in [2.75, 3.05) is 20.3 Å². The maximum absolute atomic E-state index is 5.54. The van der Waals surface area contributed by atoms with E-state index in [-0.39, 0.29) is 0 Å². The zero-order valence-electron chi connectivity index (χ0n) is 13.5. The third-order valence-electron chi connectivity index (χ3n) is 3.33. The van der Waals surface area contributed by atoms with Crippen molar-refractivity contribution in [3.05, 3.63) is 29.3 Å². The lowest BCUT2D eigenvalue weighted by Gasteiger charge is -2.18. The second kappa shape index (κ2) is 8.98. The molecule has 1 N–H and O–H groups in total. The highest BCUT2D eigenvalue weighted by Gasteiger charge is 2.10. The van der Waals surface area contributed by atoms with Crippen LogP contribution in [0.25, 0.3) is 0 Å². The fourth-order valence-corrected chi connectivity index (χ4v) is 2.15. The molecule has 1 atom stereocenters. The molecule has 0 aromatic heterocycles. The summed E-state index contributed by atoms with van der Waals surface area (Å²) in [5.74, 6) is 0.966. The molecule has 1 unspecified atom stereocenters. The van der Waals surface area contributed by atoms with Crippen molar-refractivity contribution in [1.82, 2.24) is 5.32 Å². The first-order chi connectivity index (χ1) is 9.54. The molecule has 1 rings (SSSR count). The first kappa shape index (κ1) is 17.0. The van der Waals surface area contributed by atoms with Gasteiger partial charge in [-0.05, 0) is 58.7 Å². The van der Waals surface area contributed by atoms with Crippen LogP contribution in [-0.2, 0) is 4.74 Å². The minimum absolute atomic E-state index is 0.302. The Balaban J connectivity index is 2.34. The molecule has 3 nitrogen and oxygen atoms in total. The van der Waals surface area contributed by atoms with Crippen LogP contribution in [0, 0.1) is 6.92 Å². The van der Waals surface area contributed by atoms with Crippen LogP contribution in [0.15, 0.2) is 18.2 Å². The summed E-state index contributed by atoms with van der Waals surface area (Å²) in [6.45, 7) is 10.3. The van der Waals surface area contributed by atoms with Gasteiger partial charge in [0.05, 0.1) is 13.2 Å². The molecule has 0 aliphatic rings. The second-order valence-electron chi connectivity index (χ2n) is 5.55. The Morgan fingerprint density at radius 1 is 1.15 bits per heavy atom. The quantitative estimate of drug-likeness (QED) is 0.696. The van der Waals surface area contributed by atoms with Crippen LogP contribution < -0.4 is 10.1 Å². The molecule has 20 heavy (non-hydrogen) atoms. The molecule has 1 aromatic rings. The normalized spacial score (nSPS) is 12.7. The number of ether oxygens (including phenoxy) is 2. The van der Waals surface area contributed by atoms with E-state index in [4.69, 9.17) is 9.47 Å². The Morgan fingerprint density at radius 3 is 2.55 bits per heavy atom. The van der Waals surface area contributed by atoms with Crippen LogP contribution in [0.5, 0.6) is 5.75 Å². The van der Waals surface area contributed by atoms with Gasteiger partial charge >= 0.3 is 0 Å². The molecule has 114 valence electrons. The van der Waals surface area contributed by atoms with Crippen LogP contribution in [-0.4, -0.2) is 26.4 Å². The number of methoxy groups -OCH3 is 1. The van der Waals surface area contributed by atoms with Crippen LogP contribution in [0.3, 0.4) is 0 Å². The van der Waals surface area contributed by atoms with E-state index < -0.39 is 0 Å². The molecule has 1 aromatic carbocycles. The van der Waals surface area contributed by atoms with Gasteiger partial charge in [0.2, 0.25) is 0 Å². The number of aryl methyl sites for hydroxylation is 1. The van der Waals surface area contributed by atoms with Gasteiger partial charge in [-0.1, -0.05) is 12.1 Å². The molecule has 0 amide bonds. The van der Waals surface area contributed by atoms with Gasteiger partial charge in [0.25, 0.3) is 0 Å². The topological polar surface area (TPSA) is 30.5 Å². The van der Waals surface area contributed by atoms with Gasteiger partial charge in [0.15, 0.2) is 0 Å². The molecule has 0 radical (unpaired) electrons. The highest BCUT2D eigenvalue weighted by molar-refractivity contribution is 5.38. The Kier molecular flexibility index (Phi) is 7.63. The Morgan fingerprint density at radius 2 is 1.90 bits per heavy atom. The van der Waals surface area contributed by atoms with Crippen LogP contribution >= 0.6 is 0 Å². The van der Waals surface area contributed by atoms with Gasteiger partial charge in [0, 0.05) is 18.2 Å². The van der Waals surface area contributed by atoms with E-state index in [0.29, 0.717) is 12.1 Å². The highest BCUT2D eigenvalue weighted by atomic mass is 16.5. The second-order valence-corrected chi connectivity index (χ2v) is 5.55. The van der Waals surface area contributed by atoms with E-state index in [2.05, 4.69) is 51.2 Å². The molecular weight excluding hydrogens is 250 g/mol. The summed E-state index contributed by atoms with van der Waals surface area (Å²) >= 11 is 0. The zero-order valence-corrected chi connectivity index (χ0v) is 13.5. The molecule has 0 heterocycles. The highest BCUT2D eigenvalue weighted by Crippen LogP contribution is 2.25. The van der Waals surface area contributed by atoms with E-state index in [1.54, 1.807) is 7.11 Å². The Bertz CT molecular complexity index is 391. The molecule has 0 bridgehead atoms. The summed E-state index contributed by atoms with van der Waals surface area (Å²) < 4.78 is 11.0. The largest absolute Gasteiger partial charge is 0.496 e. The Labute approximate surface area is 123 Å². The lowest BCUT2D eigenvalue weighted by atomic mass is 10.0. The Hall–Kier alpha value is -1.06. The third-order valence-corrected chi connectivity index (χ3v) is 3.33. The van der Waals surface area contributed by atoms with Crippen molar-refractivity contribution in [3.63, 3.8) is 0 Å². The summed E-state index contributed by atoms with van der Waals surface area (Å²) in [7, 11) is 1.73. The van der Waals surface area contributed by atoms with E-state index in [1.165, 1.54) is 11.1 Å². The van der Waals surface area contributed by atoms with E-state index in [0.717, 1.165) is 31.7 Å². The van der Waals surface area contributed by atoms with Gasteiger partial charge < -0.3 is 14.8 Å². The van der Waals surface area contributed by atoms with Gasteiger partial charge in [-0.15, -0.1) is 0 Å². The molecule has 0 spiro atoms. The molecule has 0 saturated heterocycles. The SMILES string of the molecule is COc1cc(C)ccc1C(C)NCCCCOC(C)C. The van der Waals surface area contributed by atoms with E-state index in [9.17, 15) is 0 Å². The van der Waals surface area contributed by atoms with Gasteiger partial charge in [-0.3, -0.25) is 0 Å². The van der Waals surface area contributed by atoms with Crippen LogP contribution in [0.1, 0.15) is 50.8 Å². The first-order valence-corrected chi connectivity index (χ1v) is 7.54. The summed E-state index contributed by atoms with van der Waals surface area (Å²) in [5, 5.41) is 3.55. The summed E-state index contributed by atoms with van der Waals surface area (Å²) in [5.41, 5.74) is 2.44. The smallest absolute Gasteiger partial charge is 0.123 e. The first-order valence-electron chi connectivity index (χ1n) is 7.54. The maximum atomic E-state index is 5.54. The van der Waals surface area contributed by atoms with E-state index in [1.807, 2.05) is 0 Å². The van der Waals surface area contributed by atoms with Crippen LogP contribution in [0.4, 0.5) is 0 Å². The molecule has 0 saturated carbocycles. The van der Waals surface area contributed by atoms with Crippen molar-refractivity contribution in [2.45, 2.75) is 52.7 Å². The number of unbranched alkanes of at least 4 members (excludes halogenated alkanes) is 1. The van der Waals surface area contributed by atoms with Gasteiger partial charge in [-0.25, -0.2) is 0 Å². The minimum Gasteiger partial charge on any atom is -0.496 e. The summed E-state index contributed by atoms with van der Waals surface area (Å²) in [6.07, 6.45) is 2.56. The molecule has 0 aliphatic heterocycles. The van der Waals surface area contributed by atoms with Crippen molar-refractivity contribution in [1.29, 1.82) is 0 Å². The standard InChI is InChI=1S/C17H29NO2/c1-13(2)20-11-7-6-10-18-15(4)16-9-8-14(3)12-17(16)19-5/h8-9,12-13,15,18H,6-7,10-11H2,1-5H3. The number of hydrogen-bond donors (Lipinski definition) is 1. The zero-order chi connectivity index (χ0) is 15.0. The van der Waals surface area contributed by atoms with Crippen molar-refractivity contribution in [2.24, 2.45) is 0 Å². The average Bonchev–Trinajstić information content (AvgIpc) is 2.41. The van der Waals surface area contributed by atoms with Gasteiger partial charge in [-0.2, -0.15) is 0 Å². The molecular formula is C17H29NO2. The molecule has 3 heteroatoms.